The Morgan fingerprint density at radius 3 is 2.70 bits per heavy atom. The van der Waals surface area contributed by atoms with E-state index >= 15 is 0 Å². The highest BCUT2D eigenvalue weighted by Crippen LogP contribution is 2.26. The Morgan fingerprint density at radius 1 is 1.27 bits per heavy atom. The lowest BCUT2D eigenvalue weighted by Crippen LogP contribution is -2.62. The van der Waals surface area contributed by atoms with Gasteiger partial charge in [-0.05, 0) is 31.4 Å². The maximum absolute atomic E-state index is 12.9. The Bertz CT molecular complexity index is 939. The van der Waals surface area contributed by atoms with E-state index < -0.39 is 11.4 Å². The molecule has 2 aromatic heterocycles. The van der Waals surface area contributed by atoms with Gasteiger partial charge < -0.3 is 15.5 Å². The number of amides is 3. The fourth-order valence-electron chi connectivity index (χ4n) is 3.27. The average Bonchev–Trinajstić information content (AvgIpc) is 3.14. The molecule has 0 bridgehead atoms. The van der Waals surface area contributed by atoms with Crippen molar-refractivity contribution >= 4 is 17.7 Å². The van der Waals surface area contributed by atoms with Gasteiger partial charge in [-0.3, -0.25) is 24.0 Å². The van der Waals surface area contributed by atoms with E-state index in [9.17, 15) is 14.4 Å². The molecule has 2 N–H and O–H groups in total. The molecule has 0 aliphatic carbocycles. The minimum atomic E-state index is -1.09. The van der Waals surface area contributed by atoms with Crippen LogP contribution in [0.5, 0.6) is 0 Å². The Morgan fingerprint density at radius 2 is 2.03 bits per heavy atom. The van der Waals surface area contributed by atoms with Crippen LogP contribution in [0.15, 0.2) is 30.5 Å². The smallest absolute Gasteiger partial charge is 0.272 e. The molecule has 1 aliphatic rings. The molecule has 3 amide bonds. The molecule has 0 radical (unpaired) electrons. The van der Waals surface area contributed by atoms with E-state index in [-0.39, 0.29) is 36.3 Å². The predicted octanol–water partition coefficient (Wildman–Crippen LogP) is 1.21. The van der Waals surface area contributed by atoms with E-state index in [2.05, 4.69) is 34.6 Å². The lowest BCUT2D eigenvalue weighted by Gasteiger charge is -2.40. The molecular weight excluding hydrogens is 384 g/mol. The molecule has 9 heteroatoms. The topological polar surface area (TPSA) is 109 Å². The second-order valence-electron chi connectivity index (χ2n) is 8.15. The van der Waals surface area contributed by atoms with Gasteiger partial charge in [-0.15, -0.1) is 0 Å². The van der Waals surface area contributed by atoms with Gasteiger partial charge in [-0.25, -0.2) is 0 Å². The van der Waals surface area contributed by atoms with Gasteiger partial charge in [0, 0.05) is 25.9 Å². The van der Waals surface area contributed by atoms with Gasteiger partial charge >= 0.3 is 0 Å². The number of likely N-dealkylation sites (N-methyl/N-ethyl adjacent to an activating group) is 1. The monoisotopic (exact) mass is 412 g/mol. The van der Waals surface area contributed by atoms with Crippen molar-refractivity contribution in [2.75, 3.05) is 13.6 Å². The zero-order valence-electron chi connectivity index (χ0n) is 17.8. The van der Waals surface area contributed by atoms with Gasteiger partial charge in [0.15, 0.2) is 5.69 Å². The van der Waals surface area contributed by atoms with Crippen molar-refractivity contribution in [2.45, 2.75) is 45.8 Å². The van der Waals surface area contributed by atoms with Crippen molar-refractivity contribution in [3.63, 3.8) is 0 Å². The average molecular weight is 412 g/mol. The molecule has 0 fully saturated rings. The molecular formula is C21H28N6O3. The molecule has 0 unspecified atom stereocenters. The molecule has 1 aliphatic heterocycles. The number of fused-ring (bicyclic) bond motifs is 1. The predicted molar refractivity (Wildman–Crippen MR) is 111 cm³/mol. The first-order valence-corrected chi connectivity index (χ1v) is 10.0. The maximum Gasteiger partial charge on any atom is 0.272 e. The molecule has 30 heavy (non-hydrogen) atoms. The van der Waals surface area contributed by atoms with E-state index in [0.29, 0.717) is 12.5 Å². The quantitative estimate of drug-likeness (QED) is 0.711. The van der Waals surface area contributed by atoms with Crippen LogP contribution in [-0.4, -0.2) is 56.5 Å². The summed E-state index contributed by atoms with van der Waals surface area (Å²) >= 11 is 0. The van der Waals surface area contributed by atoms with E-state index in [1.165, 1.54) is 15.6 Å². The first-order chi connectivity index (χ1) is 14.2. The zero-order valence-corrected chi connectivity index (χ0v) is 17.8. The van der Waals surface area contributed by atoms with Crippen molar-refractivity contribution in [2.24, 2.45) is 5.92 Å². The molecule has 2 aromatic rings. The first kappa shape index (κ1) is 21.5. The van der Waals surface area contributed by atoms with Gasteiger partial charge in [0.2, 0.25) is 5.91 Å². The maximum atomic E-state index is 12.9. The summed E-state index contributed by atoms with van der Waals surface area (Å²) in [6.07, 6.45) is 2.51. The molecule has 1 atom stereocenters. The number of carbonyl (C=O) groups is 3. The number of carbonyl (C=O) groups excluding carboxylic acids is 3. The third kappa shape index (κ3) is 4.34. The van der Waals surface area contributed by atoms with Gasteiger partial charge in [-0.2, -0.15) is 5.10 Å². The SMILES string of the molecule is CC(C)CCNC(=O)[C@@]1(C)Cn2nc(C(=O)NCc3ccccn3)cc2C(=O)N1C. The Hall–Kier alpha value is -3.23. The van der Waals surface area contributed by atoms with E-state index in [1.54, 1.807) is 32.3 Å². The molecule has 0 saturated carbocycles. The van der Waals surface area contributed by atoms with Crippen LogP contribution in [0.2, 0.25) is 0 Å². The summed E-state index contributed by atoms with van der Waals surface area (Å²) in [7, 11) is 1.60. The highest BCUT2D eigenvalue weighted by Gasteiger charge is 2.46. The number of hydrogen-bond donors (Lipinski definition) is 2. The molecule has 3 heterocycles. The molecule has 0 spiro atoms. The second-order valence-corrected chi connectivity index (χ2v) is 8.15. The van der Waals surface area contributed by atoms with E-state index in [4.69, 9.17) is 0 Å². The van der Waals surface area contributed by atoms with E-state index in [0.717, 1.165) is 12.1 Å². The standard InChI is InChI=1S/C21H28N6O3/c1-14(2)8-10-23-20(30)21(3)13-27-17(19(29)26(21)4)11-16(25-27)18(28)24-12-15-7-5-6-9-22-15/h5-7,9,11,14H,8,10,12-13H2,1-4H3,(H,23,30)(H,24,28)/t21-/m1/s1. The molecule has 0 aromatic carbocycles. The lowest BCUT2D eigenvalue weighted by molar-refractivity contribution is -0.132. The van der Waals surface area contributed by atoms with Gasteiger partial charge in [0.1, 0.15) is 11.2 Å². The van der Waals surface area contributed by atoms with Crippen LogP contribution >= 0.6 is 0 Å². The number of hydrogen-bond acceptors (Lipinski definition) is 5. The summed E-state index contributed by atoms with van der Waals surface area (Å²) in [4.78, 5) is 43.8. The third-order valence-corrected chi connectivity index (χ3v) is 5.39. The number of nitrogens with one attached hydrogen (secondary N) is 2. The largest absolute Gasteiger partial charge is 0.354 e. The number of aromatic nitrogens is 3. The highest BCUT2D eigenvalue weighted by atomic mass is 16.2. The van der Waals surface area contributed by atoms with Gasteiger partial charge in [0.25, 0.3) is 11.8 Å². The Kier molecular flexibility index (Phi) is 6.19. The fourth-order valence-corrected chi connectivity index (χ4v) is 3.27. The summed E-state index contributed by atoms with van der Waals surface area (Å²) in [5.74, 6) is -0.518. The summed E-state index contributed by atoms with van der Waals surface area (Å²) in [5, 5.41) is 9.96. The molecule has 9 nitrogen and oxygen atoms in total. The Balaban J connectivity index is 1.73. The van der Waals surface area contributed by atoms with Gasteiger partial charge in [-0.1, -0.05) is 19.9 Å². The van der Waals surface area contributed by atoms with Crippen LogP contribution in [-0.2, 0) is 17.9 Å². The van der Waals surface area contributed by atoms with Crippen LogP contribution in [0, 0.1) is 5.92 Å². The van der Waals surface area contributed by atoms with Crippen LogP contribution in [0.4, 0.5) is 0 Å². The van der Waals surface area contributed by atoms with Crippen molar-refractivity contribution in [1.29, 1.82) is 0 Å². The minimum Gasteiger partial charge on any atom is -0.354 e. The van der Waals surface area contributed by atoms with E-state index in [1.807, 2.05) is 6.07 Å². The molecule has 3 rings (SSSR count). The van der Waals surface area contributed by atoms with Crippen molar-refractivity contribution < 1.29 is 14.4 Å². The van der Waals surface area contributed by atoms with Crippen LogP contribution in [0.1, 0.15) is 53.9 Å². The molecule has 160 valence electrons. The first-order valence-electron chi connectivity index (χ1n) is 10.0. The van der Waals surface area contributed by atoms with Crippen LogP contribution < -0.4 is 10.6 Å². The Labute approximate surface area is 175 Å². The number of rotatable bonds is 7. The fraction of sp³-hybridized carbons (Fsp3) is 0.476. The second kappa shape index (κ2) is 8.64. The van der Waals surface area contributed by atoms with Crippen molar-refractivity contribution in [1.82, 2.24) is 30.3 Å². The normalized spacial score (nSPS) is 18.3. The van der Waals surface area contributed by atoms with Crippen LogP contribution in [0.3, 0.4) is 0 Å². The summed E-state index contributed by atoms with van der Waals surface area (Å²) in [6.45, 7) is 6.85. The lowest BCUT2D eigenvalue weighted by atomic mass is 9.95. The zero-order chi connectivity index (χ0) is 21.9. The van der Waals surface area contributed by atoms with Crippen molar-refractivity contribution in [3.8, 4) is 0 Å². The number of nitrogens with zero attached hydrogens (tertiary/aromatic N) is 4. The third-order valence-electron chi connectivity index (χ3n) is 5.39. The van der Waals surface area contributed by atoms with Crippen molar-refractivity contribution in [3.05, 3.63) is 47.5 Å². The number of pyridine rings is 1. The van der Waals surface area contributed by atoms with Crippen LogP contribution in [0.25, 0.3) is 0 Å². The summed E-state index contributed by atoms with van der Waals surface area (Å²) in [5.41, 5.74) is 0.0470. The van der Waals surface area contributed by atoms with Gasteiger partial charge in [0.05, 0.1) is 18.8 Å². The highest BCUT2D eigenvalue weighted by molar-refractivity contribution is 6.01. The molecule has 0 saturated heterocycles. The summed E-state index contributed by atoms with van der Waals surface area (Å²) in [6, 6.07) is 6.90. The minimum absolute atomic E-state index is 0.132. The summed E-state index contributed by atoms with van der Waals surface area (Å²) < 4.78 is 1.44.